The molecule has 0 spiro atoms. The first kappa shape index (κ1) is 18.3. The monoisotopic (exact) mass is 398 g/mol. The smallest absolute Gasteiger partial charge is 0.262 e. The molecule has 0 fully saturated rings. The minimum Gasteiger partial charge on any atom is -0.329 e. The van der Waals surface area contributed by atoms with Gasteiger partial charge in [0.15, 0.2) is 0 Å². The Morgan fingerprint density at radius 1 is 0.679 bits per heavy atom. The lowest BCUT2D eigenvalue weighted by Gasteiger charge is -2.25. The number of carbonyl (C=O) groups is 4. The summed E-state index contributed by atoms with van der Waals surface area (Å²) in [7, 11) is -2.57. The Labute approximate surface area is 160 Å². The molecule has 142 valence electrons. The molecule has 9 heteroatoms. The summed E-state index contributed by atoms with van der Waals surface area (Å²) in [6, 6.07) is 12.6. The van der Waals surface area contributed by atoms with E-state index in [2.05, 4.69) is 0 Å². The highest BCUT2D eigenvalue weighted by molar-refractivity contribution is 7.59. The maximum absolute atomic E-state index is 13.3. The molecule has 28 heavy (non-hydrogen) atoms. The van der Waals surface area contributed by atoms with Gasteiger partial charge in [0.25, 0.3) is 23.6 Å². The molecule has 2 aromatic rings. The Bertz CT molecular complexity index is 944. The second-order valence-corrected chi connectivity index (χ2v) is 9.01. The van der Waals surface area contributed by atoms with Crippen molar-refractivity contribution in [2.45, 2.75) is 0 Å². The third-order valence-electron chi connectivity index (χ3n) is 4.80. The van der Waals surface area contributed by atoms with Crippen molar-refractivity contribution in [1.82, 2.24) is 9.80 Å². The molecule has 0 atom stereocenters. The average molecular weight is 398 g/mol. The van der Waals surface area contributed by atoms with Crippen LogP contribution in [0.25, 0.3) is 0 Å². The summed E-state index contributed by atoms with van der Waals surface area (Å²) >= 11 is 0. The normalized spacial score (nSPS) is 16.0. The van der Waals surface area contributed by atoms with E-state index in [4.69, 9.17) is 4.52 Å². The zero-order valence-corrected chi connectivity index (χ0v) is 15.7. The quantitative estimate of drug-likeness (QED) is 0.566. The van der Waals surface area contributed by atoms with Crippen LogP contribution in [0.5, 0.6) is 0 Å². The van der Waals surface area contributed by atoms with Gasteiger partial charge in [0, 0.05) is 7.11 Å². The van der Waals surface area contributed by atoms with E-state index in [1.54, 1.807) is 24.3 Å². The Hall–Kier alpha value is -3.09. The number of fused-ring (bicyclic) bond motifs is 2. The van der Waals surface area contributed by atoms with Gasteiger partial charge in [-0.15, -0.1) is 0 Å². The molecule has 4 rings (SSSR count). The van der Waals surface area contributed by atoms with Crippen molar-refractivity contribution >= 4 is 31.0 Å². The molecule has 2 aliphatic rings. The van der Waals surface area contributed by atoms with Gasteiger partial charge in [0.05, 0.1) is 22.3 Å². The van der Waals surface area contributed by atoms with Crippen molar-refractivity contribution in [2.24, 2.45) is 0 Å². The van der Waals surface area contributed by atoms with Crippen LogP contribution in [0.2, 0.25) is 0 Å². The predicted octanol–water partition coefficient (Wildman–Crippen LogP) is 2.42. The predicted molar refractivity (Wildman–Crippen MR) is 98.2 cm³/mol. The second kappa shape index (κ2) is 6.51. The third-order valence-corrected chi connectivity index (χ3v) is 6.90. The van der Waals surface area contributed by atoms with Crippen molar-refractivity contribution in [3.63, 3.8) is 0 Å². The topological polar surface area (TPSA) is 101 Å². The van der Waals surface area contributed by atoms with Crippen LogP contribution in [-0.4, -0.2) is 53.1 Å². The molecule has 0 aromatic heterocycles. The molecular weight excluding hydrogens is 383 g/mol. The van der Waals surface area contributed by atoms with E-state index < -0.39 is 43.6 Å². The first-order valence-electron chi connectivity index (χ1n) is 8.40. The fraction of sp³-hybridized carbons (Fsp3) is 0.158. The lowest BCUT2D eigenvalue weighted by molar-refractivity contribution is 0.0672. The number of hydrogen-bond donors (Lipinski definition) is 0. The molecule has 2 heterocycles. The molecule has 0 unspecified atom stereocenters. The Kier molecular flexibility index (Phi) is 4.25. The van der Waals surface area contributed by atoms with Crippen LogP contribution >= 0.6 is 7.37 Å². The first-order valence-corrected chi connectivity index (χ1v) is 10.4. The van der Waals surface area contributed by atoms with Gasteiger partial charge in [-0.1, -0.05) is 24.3 Å². The van der Waals surface area contributed by atoms with Crippen LogP contribution in [0.15, 0.2) is 48.5 Å². The van der Waals surface area contributed by atoms with Gasteiger partial charge in [-0.2, -0.15) is 0 Å². The van der Waals surface area contributed by atoms with E-state index in [9.17, 15) is 23.7 Å². The van der Waals surface area contributed by atoms with Crippen LogP contribution in [0.1, 0.15) is 41.4 Å². The maximum atomic E-state index is 13.3. The number of hydrogen-bond acceptors (Lipinski definition) is 6. The zero-order chi connectivity index (χ0) is 20.1. The average Bonchev–Trinajstić information content (AvgIpc) is 3.09. The molecule has 0 radical (unpaired) electrons. The van der Waals surface area contributed by atoms with E-state index >= 15 is 0 Å². The van der Waals surface area contributed by atoms with Crippen molar-refractivity contribution in [2.75, 3.05) is 19.7 Å². The van der Waals surface area contributed by atoms with Crippen LogP contribution in [0, 0.1) is 0 Å². The van der Waals surface area contributed by atoms with Crippen LogP contribution in [0.3, 0.4) is 0 Å². The number of amides is 4. The van der Waals surface area contributed by atoms with Gasteiger partial charge in [0.1, 0.15) is 12.6 Å². The number of imide groups is 2. The molecule has 0 N–H and O–H groups in total. The third kappa shape index (κ3) is 2.69. The molecular formula is C19H15N2O6P. The summed E-state index contributed by atoms with van der Waals surface area (Å²) in [6.07, 6.45) is -1.05. The molecule has 2 aromatic carbocycles. The number of benzene rings is 2. The highest BCUT2D eigenvalue weighted by Crippen LogP contribution is 2.49. The zero-order valence-electron chi connectivity index (χ0n) is 14.8. The molecule has 0 saturated heterocycles. The molecule has 8 nitrogen and oxygen atoms in total. The van der Waals surface area contributed by atoms with E-state index in [1.165, 1.54) is 24.3 Å². The van der Waals surface area contributed by atoms with Gasteiger partial charge in [-0.3, -0.25) is 33.5 Å². The number of rotatable bonds is 5. The van der Waals surface area contributed by atoms with Gasteiger partial charge in [0.2, 0.25) is 7.37 Å². The summed E-state index contributed by atoms with van der Waals surface area (Å²) in [5, 5.41) is 0. The molecule has 0 saturated carbocycles. The summed E-state index contributed by atoms with van der Waals surface area (Å²) < 4.78 is 18.4. The SMILES string of the molecule is COP(=O)(CN1C(=O)c2ccccc2C1=O)CN1C(=O)c2ccccc2C1=O. The van der Waals surface area contributed by atoms with Crippen molar-refractivity contribution < 1.29 is 28.3 Å². The fourth-order valence-electron chi connectivity index (χ4n) is 3.33. The highest BCUT2D eigenvalue weighted by atomic mass is 31.2. The largest absolute Gasteiger partial charge is 0.329 e. The highest BCUT2D eigenvalue weighted by Gasteiger charge is 2.44. The summed E-state index contributed by atoms with van der Waals surface area (Å²) in [5.41, 5.74) is 0.874. The molecule has 0 bridgehead atoms. The Morgan fingerprint density at radius 2 is 0.964 bits per heavy atom. The van der Waals surface area contributed by atoms with Gasteiger partial charge in [-0.25, -0.2) is 0 Å². The molecule has 4 amide bonds. The minimum atomic E-state index is -3.74. The van der Waals surface area contributed by atoms with Gasteiger partial charge in [-0.05, 0) is 24.3 Å². The molecule has 2 aliphatic heterocycles. The standard InChI is InChI=1S/C19H15N2O6P/c1-27-28(26,10-20-16(22)12-6-2-3-7-13(12)17(20)23)11-21-18(24)14-8-4-5-9-15(14)19(21)25/h2-9H,10-11H2,1H3. The van der Waals surface area contributed by atoms with Crippen LogP contribution in [0.4, 0.5) is 0 Å². The Balaban J connectivity index is 1.59. The lowest BCUT2D eigenvalue weighted by Crippen LogP contribution is -2.36. The lowest BCUT2D eigenvalue weighted by atomic mass is 10.1. The van der Waals surface area contributed by atoms with Gasteiger partial charge < -0.3 is 4.52 Å². The summed E-state index contributed by atoms with van der Waals surface area (Å²) in [6.45, 7) is 0. The van der Waals surface area contributed by atoms with Crippen LogP contribution in [-0.2, 0) is 9.09 Å². The summed E-state index contributed by atoms with van der Waals surface area (Å²) in [4.78, 5) is 51.8. The number of carbonyl (C=O) groups excluding carboxylic acids is 4. The van der Waals surface area contributed by atoms with E-state index in [-0.39, 0.29) is 22.3 Å². The maximum Gasteiger partial charge on any atom is 0.262 e. The van der Waals surface area contributed by atoms with E-state index in [0.29, 0.717) is 0 Å². The van der Waals surface area contributed by atoms with Crippen LogP contribution < -0.4 is 0 Å². The fourth-order valence-corrected chi connectivity index (χ4v) is 5.02. The number of nitrogens with zero attached hydrogens (tertiary/aromatic N) is 2. The summed E-state index contributed by atoms with van der Waals surface area (Å²) in [5.74, 6) is -2.33. The molecule has 0 aliphatic carbocycles. The Morgan fingerprint density at radius 3 is 1.21 bits per heavy atom. The van der Waals surface area contributed by atoms with Crippen molar-refractivity contribution in [1.29, 1.82) is 0 Å². The van der Waals surface area contributed by atoms with Gasteiger partial charge >= 0.3 is 0 Å². The minimum absolute atomic E-state index is 0.218. The second-order valence-electron chi connectivity index (χ2n) is 6.45. The first-order chi connectivity index (χ1) is 13.4. The van der Waals surface area contributed by atoms with E-state index in [1.807, 2.05) is 0 Å². The van der Waals surface area contributed by atoms with Crippen molar-refractivity contribution in [3.8, 4) is 0 Å². The van der Waals surface area contributed by atoms with Crippen molar-refractivity contribution in [3.05, 3.63) is 70.8 Å². The van der Waals surface area contributed by atoms with E-state index in [0.717, 1.165) is 16.9 Å².